The van der Waals surface area contributed by atoms with Gasteiger partial charge in [-0.3, -0.25) is 4.99 Å². The first-order valence-electron chi connectivity index (χ1n) is 4.56. The highest BCUT2D eigenvalue weighted by molar-refractivity contribution is 6.36. The molecular weight excluding hydrogens is 197 g/mol. The lowest BCUT2D eigenvalue weighted by atomic mass is 10.1. The van der Waals surface area contributed by atoms with Crippen molar-refractivity contribution < 1.29 is 14.3 Å². The van der Waals surface area contributed by atoms with Crippen LogP contribution in [0.4, 0.5) is 4.39 Å². The highest BCUT2D eigenvalue weighted by atomic mass is 19.1. The number of carboxylic acid groups (broad SMARTS) is 1. The molecule has 0 spiro atoms. The van der Waals surface area contributed by atoms with E-state index in [-0.39, 0.29) is 6.04 Å². The Morgan fingerprint density at radius 1 is 1.47 bits per heavy atom. The molecule has 0 radical (unpaired) electrons. The van der Waals surface area contributed by atoms with Gasteiger partial charge in [0.2, 0.25) is 0 Å². The Bertz CT molecular complexity index is 362. The molecule has 3 nitrogen and oxygen atoms in total. The average Bonchev–Trinajstić information content (AvgIpc) is 2.26. The lowest BCUT2D eigenvalue weighted by Crippen LogP contribution is -2.16. The van der Waals surface area contributed by atoms with Gasteiger partial charge in [-0.05, 0) is 12.5 Å². The molecular formula is C11H12FNO2. The summed E-state index contributed by atoms with van der Waals surface area (Å²) in [5, 5.41) is 8.60. The van der Waals surface area contributed by atoms with Crippen molar-refractivity contribution in [2.24, 2.45) is 4.99 Å². The molecule has 0 saturated carbocycles. The number of rotatable bonds is 4. The van der Waals surface area contributed by atoms with E-state index >= 15 is 0 Å². The van der Waals surface area contributed by atoms with E-state index in [1.165, 1.54) is 0 Å². The van der Waals surface area contributed by atoms with E-state index in [0.717, 1.165) is 5.56 Å². The minimum Gasteiger partial charge on any atom is -0.477 e. The summed E-state index contributed by atoms with van der Waals surface area (Å²) in [6.07, 6.45) is 0. The Labute approximate surface area is 87.3 Å². The first kappa shape index (κ1) is 11.4. The molecule has 0 amide bonds. The van der Waals surface area contributed by atoms with E-state index < -0.39 is 18.4 Å². The van der Waals surface area contributed by atoms with Crippen LogP contribution in [-0.2, 0) is 4.79 Å². The van der Waals surface area contributed by atoms with Crippen molar-refractivity contribution in [3.63, 3.8) is 0 Å². The van der Waals surface area contributed by atoms with E-state index in [0.29, 0.717) is 0 Å². The minimum atomic E-state index is -1.31. The van der Waals surface area contributed by atoms with Gasteiger partial charge in [0.1, 0.15) is 6.67 Å². The molecule has 4 heteroatoms. The van der Waals surface area contributed by atoms with Crippen LogP contribution in [0.15, 0.2) is 35.3 Å². The zero-order valence-corrected chi connectivity index (χ0v) is 8.35. The maximum absolute atomic E-state index is 12.3. The molecule has 0 bridgehead atoms. The Morgan fingerprint density at radius 2 is 2.07 bits per heavy atom. The van der Waals surface area contributed by atoms with Crippen LogP contribution < -0.4 is 0 Å². The normalized spacial score (nSPS) is 13.6. The SMILES string of the molecule is CC(N=C(CF)C(=O)O)c1ccccc1. The van der Waals surface area contributed by atoms with Crippen LogP contribution >= 0.6 is 0 Å². The Hall–Kier alpha value is -1.71. The second kappa shape index (κ2) is 5.24. The standard InChI is InChI=1S/C11H12FNO2/c1-8(9-5-3-2-4-6-9)13-10(7-12)11(14)15/h2-6,8H,7H2,1H3,(H,14,15). The van der Waals surface area contributed by atoms with E-state index in [4.69, 9.17) is 5.11 Å². The van der Waals surface area contributed by atoms with Crippen molar-refractivity contribution in [3.8, 4) is 0 Å². The average molecular weight is 209 g/mol. The summed E-state index contributed by atoms with van der Waals surface area (Å²) in [7, 11) is 0. The summed E-state index contributed by atoms with van der Waals surface area (Å²) in [5.74, 6) is -1.31. The largest absolute Gasteiger partial charge is 0.477 e. The van der Waals surface area contributed by atoms with Gasteiger partial charge in [0.05, 0.1) is 6.04 Å². The third-order valence-corrected chi connectivity index (χ3v) is 2.00. The number of hydrogen-bond acceptors (Lipinski definition) is 2. The van der Waals surface area contributed by atoms with E-state index in [9.17, 15) is 9.18 Å². The summed E-state index contributed by atoms with van der Waals surface area (Å²) in [6, 6.07) is 8.83. The van der Waals surface area contributed by atoms with Gasteiger partial charge in [-0.1, -0.05) is 30.3 Å². The zero-order valence-electron chi connectivity index (χ0n) is 8.35. The molecule has 1 atom stereocenters. The fourth-order valence-corrected chi connectivity index (χ4v) is 1.19. The first-order valence-corrected chi connectivity index (χ1v) is 4.56. The molecule has 1 aromatic carbocycles. The lowest BCUT2D eigenvalue weighted by molar-refractivity contribution is -0.129. The predicted octanol–water partition coefficient (Wildman–Crippen LogP) is 2.24. The molecule has 0 heterocycles. The van der Waals surface area contributed by atoms with E-state index in [2.05, 4.69) is 4.99 Å². The fourth-order valence-electron chi connectivity index (χ4n) is 1.19. The Balaban J connectivity index is 2.86. The number of aliphatic imine (C=N–C) groups is 1. The summed E-state index contributed by atoms with van der Waals surface area (Å²) in [6.45, 7) is 0.681. The van der Waals surface area contributed by atoms with Gasteiger partial charge in [0.25, 0.3) is 0 Å². The van der Waals surface area contributed by atoms with Crippen molar-refractivity contribution in [3.05, 3.63) is 35.9 Å². The Morgan fingerprint density at radius 3 is 2.53 bits per heavy atom. The number of carboxylic acids is 1. The van der Waals surface area contributed by atoms with Crippen molar-refractivity contribution in [1.82, 2.24) is 0 Å². The molecule has 1 N–H and O–H groups in total. The first-order chi connectivity index (χ1) is 7.15. The number of alkyl halides is 1. The summed E-state index contributed by atoms with van der Waals surface area (Å²) in [5.41, 5.74) is 0.427. The van der Waals surface area contributed by atoms with Crippen molar-refractivity contribution in [1.29, 1.82) is 0 Å². The fraction of sp³-hybridized carbons (Fsp3) is 0.273. The lowest BCUT2D eigenvalue weighted by Gasteiger charge is -2.07. The molecule has 0 aromatic heterocycles. The summed E-state index contributed by atoms with van der Waals surface area (Å²) in [4.78, 5) is 14.3. The number of benzene rings is 1. The van der Waals surface area contributed by atoms with E-state index in [1.807, 2.05) is 30.3 Å². The van der Waals surface area contributed by atoms with Gasteiger partial charge < -0.3 is 5.11 Å². The van der Waals surface area contributed by atoms with Crippen LogP contribution in [0.25, 0.3) is 0 Å². The third kappa shape index (κ3) is 3.16. The van der Waals surface area contributed by atoms with Gasteiger partial charge in [-0.15, -0.1) is 0 Å². The predicted molar refractivity (Wildman–Crippen MR) is 55.9 cm³/mol. The number of nitrogens with zero attached hydrogens (tertiary/aromatic N) is 1. The molecule has 0 fully saturated rings. The van der Waals surface area contributed by atoms with Crippen LogP contribution in [0.2, 0.25) is 0 Å². The monoisotopic (exact) mass is 209 g/mol. The molecule has 0 aliphatic carbocycles. The quantitative estimate of drug-likeness (QED) is 0.773. The van der Waals surface area contributed by atoms with Gasteiger partial charge in [0, 0.05) is 0 Å². The van der Waals surface area contributed by atoms with Gasteiger partial charge in [-0.25, -0.2) is 9.18 Å². The van der Waals surface area contributed by atoms with Gasteiger partial charge in [0.15, 0.2) is 5.71 Å². The highest BCUT2D eigenvalue weighted by Crippen LogP contribution is 2.15. The molecule has 0 aliphatic rings. The molecule has 1 unspecified atom stereocenters. The molecule has 0 saturated heterocycles. The number of carbonyl (C=O) groups is 1. The summed E-state index contributed by atoms with van der Waals surface area (Å²) < 4.78 is 12.3. The van der Waals surface area contributed by atoms with Crippen molar-refractivity contribution >= 4 is 11.7 Å². The van der Waals surface area contributed by atoms with Crippen LogP contribution in [0, 0.1) is 0 Å². The van der Waals surface area contributed by atoms with Crippen LogP contribution in [0.1, 0.15) is 18.5 Å². The van der Waals surface area contributed by atoms with Gasteiger partial charge in [-0.2, -0.15) is 0 Å². The van der Waals surface area contributed by atoms with E-state index in [1.54, 1.807) is 6.92 Å². The third-order valence-electron chi connectivity index (χ3n) is 2.00. The van der Waals surface area contributed by atoms with Crippen molar-refractivity contribution in [2.75, 3.05) is 6.67 Å². The van der Waals surface area contributed by atoms with Crippen LogP contribution in [0.3, 0.4) is 0 Å². The number of halogens is 1. The highest BCUT2D eigenvalue weighted by Gasteiger charge is 2.11. The molecule has 0 aliphatic heterocycles. The number of aliphatic carboxylic acids is 1. The number of hydrogen-bond donors (Lipinski definition) is 1. The van der Waals surface area contributed by atoms with Gasteiger partial charge >= 0.3 is 5.97 Å². The second-order valence-corrected chi connectivity index (χ2v) is 3.10. The molecule has 15 heavy (non-hydrogen) atoms. The maximum atomic E-state index is 12.3. The topological polar surface area (TPSA) is 49.7 Å². The van der Waals surface area contributed by atoms with Crippen molar-refractivity contribution in [2.45, 2.75) is 13.0 Å². The summed E-state index contributed by atoms with van der Waals surface area (Å²) >= 11 is 0. The molecule has 1 rings (SSSR count). The van der Waals surface area contributed by atoms with Crippen LogP contribution in [0.5, 0.6) is 0 Å². The second-order valence-electron chi connectivity index (χ2n) is 3.10. The minimum absolute atomic E-state index is 0.340. The molecule has 80 valence electrons. The Kier molecular flexibility index (Phi) is 3.97. The van der Waals surface area contributed by atoms with Crippen LogP contribution in [-0.4, -0.2) is 23.5 Å². The smallest absolute Gasteiger partial charge is 0.352 e. The molecule has 1 aromatic rings. The zero-order chi connectivity index (χ0) is 11.3. The maximum Gasteiger partial charge on any atom is 0.352 e.